The van der Waals surface area contributed by atoms with Gasteiger partial charge in [0.1, 0.15) is 5.78 Å². The molecular formula is C15H22O4. The second-order valence-electron chi connectivity index (χ2n) is 6.36. The van der Waals surface area contributed by atoms with Crippen LogP contribution in [0.4, 0.5) is 0 Å². The van der Waals surface area contributed by atoms with Gasteiger partial charge in [-0.3, -0.25) is 4.79 Å². The number of hydrogen-bond acceptors (Lipinski definition) is 4. The number of aliphatic hydroxyl groups is 1. The molecule has 1 aliphatic heterocycles. The monoisotopic (exact) mass is 266 g/mol. The van der Waals surface area contributed by atoms with Gasteiger partial charge in [-0.05, 0) is 39.7 Å². The van der Waals surface area contributed by atoms with Crippen LogP contribution in [0.15, 0.2) is 23.0 Å². The number of hydrogen-bond donors (Lipinski definition) is 1. The van der Waals surface area contributed by atoms with E-state index in [-0.39, 0.29) is 18.3 Å². The van der Waals surface area contributed by atoms with E-state index < -0.39 is 11.2 Å². The van der Waals surface area contributed by atoms with Gasteiger partial charge in [-0.2, -0.15) is 0 Å². The van der Waals surface area contributed by atoms with E-state index in [0.717, 1.165) is 18.4 Å². The zero-order valence-electron chi connectivity index (χ0n) is 11.8. The molecule has 1 aliphatic rings. The molecule has 2 unspecified atom stereocenters. The molecule has 0 amide bonds. The third-order valence-electron chi connectivity index (χ3n) is 3.48. The summed E-state index contributed by atoms with van der Waals surface area (Å²) in [6.07, 6.45) is 5.60. The Balaban J connectivity index is 1.92. The van der Waals surface area contributed by atoms with Crippen molar-refractivity contribution in [2.75, 3.05) is 0 Å². The molecule has 1 N–H and O–H groups in total. The van der Waals surface area contributed by atoms with Crippen molar-refractivity contribution < 1.29 is 19.1 Å². The molecule has 0 radical (unpaired) electrons. The van der Waals surface area contributed by atoms with E-state index in [9.17, 15) is 9.90 Å². The molecule has 19 heavy (non-hydrogen) atoms. The Morgan fingerprint density at radius 2 is 2.32 bits per heavy atom. The molecule has 4 nitrogen and oxygen atoms in total. The van der Waals surface area contributed by atoms with Crippen molar-refractivity contribution in [2.45, 2.75) is 63.8 Å². The predicted molar refractivity (Wildman–Crippen MR) is 70.7 cm³/mol. The van der Waals surface area contributed by atoms with Crippen LogP contribution in [0.1, 0.15) is 58.1 Å². The highest BCUT2D eigenvalue weighted by Gasteiger charge is 2.39. The summed E-state index contributed by atoms with van der Waals surface area (Å²) < 4.78 is 11.1. The van der Waals surface area contributed by atoms with Gasteiger partial charge in [0.05, 0.1) is 29.8 Å². The molecule has 0 bridgehead atoms. The van der Waals surface area contributed by atoms with Crippen LogP contribution in [-0.2, 0) is 9.53 Å². The number of ketones is 1. The second kappa shape index (κ2) is 5.10. The molecule has 1 saturated heterocycles. The van der Waals surface area contributed by atoms with Crippen molar-refractivity contribution in [1.82, 2.24) is 0 Å². The van der Waals surface area contributed by atoms with Gasteiger partial charge in [-0.1, -0.05) is 0 Å². The summed E-state index contributed by atoms with van der Waals surface area (Å²) in [5, 5.41) is 9.67. The van der Waals surface area contributed by atoms with Gasteiger partial charge in [-0.25, -0.2) is 0 Å². The summed E-state index contributed by atoms with van der Waals surface area (Å²) in [6.45, 7) is 5.27. The first-order chi connectivity index (χ1) is 8.77. The molecule has 2 rings (SSSR count). The summed E-state index contributed by atoms with van der Waals surface area (Å²) in [5.41, 5.74) is -0.348. The lowest BCUT2D eigenvalue weighted by Crippen LogP contribution is -2.31. The number of carbonyl (C=O) groups is 1. The fraction of sp³-hybridized carbons (Fsp3) is 0.667. The molecule has 2 heterocycles. The van der Waals surface area contributed by atoms with E-state index in [2.05, 4.69) is 0 Å². The highest BCUT2D eigenvalue weighted by molar-refractivity contribution is 5.80. The maximum absolute atomic E-state index is 12.0. The molecule has 106 valence electrons. The zero-order chi connectivity index (χ0) is 14.1. The summed E-state index contributed by atoms with van der Waals surface area (Å²) in [5.74, 6) is 0.0443. The van der Waals surface area contributed by atoms with Crippen LogP contribution in [0.25, 0.3) is 0 Å². The van der Waals surface area contributed by atoms with Gasteiger partial charge in [0.25, 0.3) is 0 Å². The second-order valence-corrected chi connectivity index (χ2v) is 6.36. The average Bonchev–Trinajstić information content (AvgIpc) is 2.83. The Bertz CT molecular complexity index is 429. The van der Waals surface area contributed by atoms with E-state index >= 15 is 0 Å². The maximum Gasteiger partial charge on any atom is 0.138 e. The molecule has 0 aromatic carbocycles. The van der Waals surface area contributed by atoms with Gasteiger partial charge < -0.3 is 14.3 Å². The fourth-order valence-corrected chi connectivity index (χ4v) is 2.68. The smallest absolute Gasteiger partial charge is 0.138 e. The largest absolute Gasteiger partial charge is 0.472 e. The molecule has 0 spiro atoms. The van der Waals surface area contributed by atoms with Crippen molar-refractivity contribution >= 4 is 5.78 Å². The Morgan fingerprint density at radius 1 is 1.58 bits per heavy atom. The summed E-state index contributed by atoms with van der Waals surface area (Å²) in [4.78, 5) is 12.0. The van der Waals surface area contributed by atoms with Crippen molar-refractivity contribution in [3.8, 4) is 0 Å². The third kappa shape index (κ3) is 3.91. The lowest BCUT2D eigenvalue weighted by atomic mass is 9.91. The van der Waals surface area contributed by atoms with Gasteiger partial charge >= 0.3 is 0 Å². The molecular weight excluding hydrogens is 244 g/mol. The van der Waals surface area contributed by atoms with Gasteiger partial charge in [0.15, 0.2) is 0 Å². The van der Waals surface area contributed by atoms with Crippen LogP contribution < -0.4 is 0 Å². The number of ether oxygens (including phenoxy) is 1. The SMILES string of the molecule is CC(C)(O)CC(=O)CC1(C)CCC(c2ccoc2)O1. The van der Waals surface area contributed by atoms with Crippen molar-refractivity contribution in [2.24, 2.45) is 0 Å². The molecule has 0 saturated carbocycles. The van der Waals surface area contributed by atoms with E-state index in [1.165, 1.54) is 0 Å². The van der Waals surface area contributed by atoms with E-state index in [0.29, 0.717) is 6.42 Å². The normalized spacial score (nSPS) is 27.7. The van der Waals surface area contributed by atoms with Crippen molar-refractivity contribution in [1.29, 1.82) is 0 Å². The van der Waals surface area contributed by atoms with Gasteiger partial charge in [0.2, 0.25) is 0 Å². The van der Waals surface area contributed by atoms with Crippen molar-refractivity contribution in [3.63, 3.8) is 0 Å². The van der Waals surface area contributed by atoms with E-state index in [4.69, 9.17) is 9.15 Å². The molecule has 0 aliphatic carbocycles. The summed E-state index contributed by atoms with van der Waals surface area (Å²) in [6, 6.07) is 1.90. The minimum atomic E-state index is -0.948. The van der Waals surface area contributed by atoms with Crippen LogP contribution in [0, 0.1) is 0 Å². The topological polar surface area (TPSA) is 59.7 Å². The highest BCUT2D eigenvalue weighted by Crippen LogP contribution is 2.41. The van der Waals surface area contributed by atoms with E-state index in [1.54, 1.807) is 26.4 Å². The van der Waals surface area contributed by atoms with Crippen LogP contribution in [0.5, 0.6) is 0 Å². The quantitative estimate of drug-likeness (QED) is 0.890. The molecule has 1 fully saturated rings. The first kappa shape index (κ1) is 14.3. The summed E-state index contributed by atoms with van der Waals surface area (Å²) in [7, 11) is 0. The molecule has 1 aromatic heterocycles. The van der Waals surface area contributed by atoms with Gasteiger partial charge in [-0.15, -0.1) is 0 Å². The predicted octanol–water partition coefficient (Wildman–Crippen LogP) is 3.01. The molecule has 2 atom stereocenters. The Hall–Kier alpha value is -1.13. The van der Waals surface area contributed by atoms with Gasteiger partial charge in [0, 0.05) is 18.4 Å². The Kier molecular flexibility index (Phi) is 3.83. The summed E-state index contributed by atoms with van der Waals surface area (Å²) >= 11 is 0. The molecule has 4 heteroatoms. The van der Waals surface area contributed by atoms with Crippen LogP contribution in [-0.4, -0.2) is 22.1 Å². The first-order valence-corrected chi connectivity index (χ1v) is 6.71. The maximum atomic E-state index is 12.0. The van der Waals surface area contributed by atoms with Crippen LogP contribution in [0.2, 0.25) is 0 Å². The lowest BCUT2D eigenvalue weighted by molar-refractivity contribution is -0.129. The number of carbonyl (C=O) groups excluding carboxylic acids is 1. The Morgan fingerprint density at radius 3 is 2.89 bits per heavy atom. The fourth-order valence-electron chi connectivity index (χ4n) is 2.68. The Labute approximate surface area is 113 Å². The zero-order valence-corrected chi connectivity index (χ0v) is 11.8. The number of rotatable bonds is 5. The minimum absolute atomic E-state index is 0.0127. The van der Waals surface area contributed by atoms with Crippen LogP contribution in [0.3, 0.4) is 0 Å². The minimum Gasteiger partial charge on any atom is -0.472 e. The number of furan rings is 1. The average molecular weight is 266 g/mol. The van der Waals surface area contributed by atoms with E-state index in [1.807, 2.05) is 13.0 Å². The van der Waals surface area contributed by atoms with Crippen molar-refractivity contribution in [3.05, 3.63) is 24.2 Å². The first-order valence-electron chi connectivity index (χ1n) is 6.71. The third-order valence-corrected chi connectivity index (χ3v) is 3.48. The number of Topliss-reactive ketones (excluding diaryl/α,β-unsaturated/α-hetero) is 1. The standard InChI is InChI=1S/C15H22O4/c1-14(2,17)8-12(16)9-15(3)6-4-13(19-15)11-5-7-18-10-11/h5,7,10,13,17H,4,6,8-9H2,1-3H3. The highest BCUT2D eigenvalue weighted by atomic mass is 16.5. The van der Waals surface area contributed by atoms with Crippen LogP contribution >= 0.6 is 0 Å². The molecule has 1 aromatic rings. The lowest BCUT2D eigenvalue weighted by Gasteiger charge is -2.25.